The standard InChI is InChI=1S/C14H21N3O3/c1-9(2)13(15)14(18)16(4)10(3)11-6-5-7-12(8-11)17(19)20/h5-10,13H,15H2,1-4H3/t10?,13-/m1/s1. The van der Waals surface area contributed by atoms with Gasteiger partial charge >= 0.3 is 0 Å². The number of non-ortho nitro benzene ring substituents is 1. The van der Waals surface area contributed by atoms with Crippen LogP contribution in [0.3, 0.4) is 0 Å². The minimum atomic E-state index is -0.568. The van der Waals surface area contributed by atoms with Gasteiger partial charge in [-0.2, -0.15) is 0 Å². The Bertz CT molecular complexity index is 502. The van der Waals surface area contributed by atoms with Crippen molar-refractivity contribution in [3.63, 3.8) is 0 Å². The highest BCUT2D eigenvalue weighted by Crippen LogP contribution is 2.23. The van der Waals surface area contributed by atoms with Crippen LogP contribution in [0, 0.1) is 16.0 Å². The molecule has 0 bridgehead atoms. The number of rotatable bonds is 5. The van der Waals surface area contributed by atoms with Gasteiger partial charge in [0, 0.05) is 19.2 Å². The molecule has 0 saturated carbocycles. The van der Waals surface area contributed by atoms with Crippen molar-refractivity contribution < 1.29 is 9.72 Å². The van der Waals surface area contributed by atoms with Crippen molar-refractivity contribution in [2.45, 2.75) is 32.9 Å². The molecule has 0 aliphatic carbocycles. The quantitative estimate of drug-likeness (QED) is 0.660. The normalized spacial score (nSPS) is 13.9. The lowest BCUT2D eigenvalue weighted by Gasteiger charge is -2.29. The van der Waals surface area contributed by atoms with Gasteiger partial charge in [-0.05, 0) is 18.4 Å². The average molecular weight is 279 g/mol. The van der Waals surface area contributed by atoms with E-state index >= 15 is 0 Å². The van der Waals surface area contributed by atoms with E-state index in [1.165, 1.54) is 17.0 Å². The number of hydrogen-bond acceptors (Lipinski definition) is 4. The van der Waals surface area contributed by atoms with E-state index in [9.17, 15) is 14.9 Å². The van der Waals surface area contributed by atoms with E-state index in [4.69, 9.17) is 5.73 Å². The smallest absolute Gasteiger partial charge is 0.269 e. The van der Waals surface area contributed by atoms with Gasteiger partial charge < -0.3 is 10.6 Å². The van der Waals surface area contributed by atoms with Crippen LogP contribution in [0.1, 0.15) is 32.4 Å². The van der Waals surface area contributed by atoms with Crippen LogP contribution in [0.15, 0.2) is 24.3 Å². The maximum Gasteiger partial charge on any atom is 0.269 e. The lowest BCUT2D eigenvalue weighted by Crippen LogP contribution is -2.45. The van der Waals surface area contributed by atoms with Gasteiger partial charge in [0.2, 0.25) is 5.91 Å². The summed E-state index contributed by atoms with van der Waals surface area (Å²) in [5.74, 6) is -0.124. The molecule has 1 rings (SSSR count). The third-order valence-corrected chi connectivity index (χ3v) is 3.50. The zero-order valence-electron chi connectivity index (χ0n) is 12.2. The first-order chi connectivity index (χ1) is 9.25. The number of amides is 1. The minimum absolute atomic E-state index is 0.0170. The van der Waals surface area contributed by atoms with Crippen LogP contribution in [-0.2, 0) is 4.79 Å². The van der Waals surface area contributed by atoms with E-state index in [0.29, 0.717) is 5.56 Å². The van der Waals surface area contributed by atoms with Crippen LogP contribution in [0.2, 0.25) is 0 Å². The molecule has 20 heavy (non-hydrogen) atoms. The summed E-state index contributed by atoms with van der Waals surface area (Å²) in [5, 5.41) is 10.8. The van der Waals surface area contributed by atoms with E-state index in [1.54, 1.807) is 19.2 Å². The molecule has 110 valence electrons. The summed E-state index contributed by atoms with van der Waals surface area (Å²) in [6, 6.07) is 5.45. The van der Waals surface area contributed by atoms with E-state index < -0.39 is 11.0 Å². The summed E-state index contributed by atoms with van der Waals surface area (Å²) in [6.07, 6.45) is 0. The van der Waals surface area contributed by atoms with E-state index in [0.717, 1.165) is 0 Å². The van der Waals surface area contributed by atoms with Crippen molar-refractivity contribution in [1.82, 2.24) is 4.90 Å². The number of nitro groups is 1. The van der Waals surface area contributed by atoms with E-state index in [1.807, 2.05) is 20.8 Å². The van der Waals surface area contributed by atoms with E-state index in [-0.39, 0.29) is 23.6 Å². The zero-order chi connectivity index (χ0) is 15.4. The molecular weight excluding hydrogens is 258 g/mol. The average Bonchev–Trinajstić information content (AvgIpc) is 2.43. The molecule has 1 amide bonds. The number of hydrogen-bond donors (Lipinski definition) is 1. The number of carbonyl (C=O) groups excluding carboxylic acids is 1. The van der Waals surface area contributed by atoms with Crippen LogP contribution in [0.5, 0.6) is 0 Å². The first kappa shape index (κ1) is 16.1. The summed E-state index contributed by atoms with van der Waals surface area (Å²) >= 11 is 0. The summed E-state index contributed by atoms with van der Waals surface area (Å²) in [7, 11) is 1.66. The van der Waals surface area contributed by atoms with Gasteiger partial charge in [-0.15, -0.1) is 0 Å². The van der Waals surface area contributed by atoms with Gasteiger partial charge in [-0.3, -0.25) is 14.9 Å². The lowest BCUT2D eigenvalue weighted by atomic mass is 10.0. The number of likely N-dealkylation sites (N-methyl/N-ethyl adjacent to an activating group) is 1. The predicted octanol–water partition coefficient (Wildman–Crippen LogP) is 2.10. The number of carbonyl (C=O) groups is 1. The molecule has 0 spiro atoms. The molecule has 0 radical (unpaired) electrons. The Morgan fingerprint density at radius 3 is 2.45 bits per heavy atom. The highest BCUT2D eigenvalue weighted by molar-refractivity contribution is 5.82. The van der Waals surface area contributed by atoms with Gasteiger partial charge in [-0.1, -0.05) is 26.0 Å². The fourth-order valence-electron chi connectivity index (χ4n) is 1.83. The number of nitro benzene ring substituents is 1. The highest BCUT2D eigenvalue weighted by Gasteiger charge is 2.25. The summed E-state index contributed by atoms with van der Waals surface area (Å²) < 4.78 is 0. The van der Waals surface area contributed by atoms with Gasteiger partial charge in [0.05, 0.1) is 17.0 Å². The topological polar surface area (TPSA) is 89.5 Å². The third-order valence-electron chi connectivity index (χ3n) is 3.50. The largest absolute Gasteiger partial charge is 0.338 e. The van der Waals surface area contributed by atoms with Crippen molar-refractivity contribution in [2.75, 3.05) is 7.05 Å². The first-order valence-electron chi connectivity index (χ1n) is 6.52. The minimum Gasteiger partial charge on any atom is -0.338 e. The van der Waals surface area contributed by atoms with Crippen LogP contribution in [0.4, 0.5) is 5.69 Å². The monoisotopic (exact) mass is 279 g/mol. The van der Waals surface area contributed by atoms with Gasteiger partial charge in [0.1, 0.15) is 0 Å². The molecule has 0 fully saturated rings. The molecule has 2 N–H and O–H groups in total. The number of nitrogens with two attached hydrogens (primary N) is 1. The van der Waals surface area contributed by atoms with Crippen LogP contribution >= 0.6 is 0 Å². The molecule has 6 heteroatoms. The van der Waals surface area contributed by atoms with Crippen molar-refractivity contribution in [1.29, 1.82) is 0 Å². The van der Waals surface area contributed by atoms with Crippen LogP contribution in [-0.4, -0.2) is 28.8 Å². The first-order valence-corrected chi connectivity index (χ1v) is 6.52. The Balaban J connectivity index is 2.94. The van der Waals surface area contributed by atoms with Crippen LogP contribution < -0.4 is 5.73 Å². The molecule has 1 unspecified atom stereocenters. The van der Waals surface area contributed by atoms with Crippen molar-refractivity contribution in [2.24, 2.45) is 11.7 Å². The molecule has 2 atom stereocenters. The van der Waals surface area contributed by atoms with Crippen molar-refractivity contribution >= 4 is 11.6 Å². The maximum absolute atomic E-state index is 12.2. The predicted molar refractivity (Wildman–Crippen MR) is 77.1 cm³/mol. The molecule has 0 aliphatic heterocycles. The molecule has 0 aromatic heterocycles. The Morgan fingerprint density at radius 2 is 1.95 bits per heavy atom. The summed E-state index contributed by atoms with van der Waals surface area (Å²) in [5.41, 5.74) is 6.59. The molecule has 1 aromatic rings. The maximum atomic E-state index is 12.2. The molecule has 0 heterocycles. The fourth-order valence-corrected chi connectivity index (χ4v) is 1.83. The molecule has 1 aromatic carbocycles. The number of benzene rings is 1. The Kier molecular flexibility index (Phi) is 5.21. The summed E-state index contributed by atoms with van der Waals surface area (Å²) in [6.45, 7) is 5.59. The molecular formula is C14H21N3O3. The second-order valence-corrected chi connectivity index (χ2v) is 5.25. The van der Waals surface area contributed by atoms with Gasteiger partial charge in [0.15, 0.2) is 0 Å². The van der Waals surface area contributed by atoms with Crippen molar-refractivity contribution in [3.05, 3.63) is 39.9 Å². The second-order valence-electron chi connectivity index (χ2n) is 5.25. The van der Waals surface area contributed by atoms with Gasteiger partial charge in [-0.25, -0.2) is 0 Å². The Morgan fingerprint density at radius 1 is 1.35 bits per heavy atom. The number of nitrogens with zero attached hydrogens (tertiary/aromatic N) is 2. The molecule has 0 aliphatic rings. The third kappa shape index (κ3) is 3.54. The Labute approximate surface area is 118 Å². The van der Waals surface area contributed by atoms with Crippen LogP contribution in [0.25, 0.3) is 0 Å². The van der Waals surface area contributed by atoms with Gasteiger partial charge in [0.25, 0.3) is 5.69 Å². The SMILES string of the molecule is CC(C)[C@@H](N)C(=O)N(C)C(C)c1cccc([N+](=O)[O-])c1. The molecule has 0 saturated heterocycles. The second kappa shape index (κ2) is 6.47. The zero-order valence-corrected chi connectivity index (χ0v) is 12.2. The molecule has 6 nitrogen and oxygen atoms in total. The summed E-state index contributed by atoms with van der Waals surface area (Å²) in [4.78, 5) is 24.1. The highest BCUT2D eigenvalue weighted by atomic mass is 16.6. The van der Waals surface area contributed by atoms with E-state index in [2.05, 4.69) is 0 Å². The lowest BCUT2D eigenvalue weighted by molar-refractivity contribution is -0.384. The van der Waals surface area contributed by atoms with Crippen molar-refractivity contribution in [3.8, 4) is 0 Å². The fraction of sp³-hybridized carbons (Fsp3) is 0.500. The Hall–Kier alpha value is -1.95.